The van der Waals surface area contributed by atoms with Crippen molar-refractivity contribution in [2.45, 2.75) is 33.2 Å². The molecule has 0 atom stereocenters. The van der Waals surface area contributed by atoms with Gasteiger partial charge >= 0.3 is 0 Å². The quantitative estimate of drug-likeness (QED) is 0.807. The Morgan fingerprint density at radius 1 is 1.11 bits per heavy atom. The Labute approximate surface area is 114 Å². The molecule has 1 aromatic carbocycles. The lowest BCUT2D eigenvalue weighted by atomic mass is 10.3. The first-order chi connectivity index (χ1) is 9.31. The lowest BCUT2D eigenvalue weighted by Gasteiger charge is -2.08. The summed E-state index contributed by atoms with van der Waals surface area (Å²) in [5.74, 6) is 2.88. The van der Waals surface area contributed by atoms with Gasteiger partial charge in [-0.2, -0.15) is 0 Å². The number of rotatable bonds is 7. The maximum atomic E-state index is 5.66. The molecule has 0 bridgehead atoms. The van der Waals surface area contributed by atoms with Gasteiger partial charge in [-0.1, -0.05) is 19.9 Å². The standard InChI is InChI=1S/C16H21NO2/c1-3-10-18-15-7-5-6-13(11-15)17-12-16-9-8-14(4-2)19-16/h5-9,11,17H,3-4,10,12H2,1-2H3. The minimum Gasteiger partial charge on any atom is -0.494 e. The summed E-state index contributed by atoms with van der Waals surface area (Å²) in [5, 5.41) is 3.34. The van der Waals surface area contributed by atoms with Crippen molar-refractivity contribution in [1.29, 1.82) is 0 Å². The van der Waals surface area contributed by atoms with E-state index in [9.17, 15) is 0 Å². The molecule has 0 spiro atoms. The van der Waals surface area contributed by atoms with E-state index in [-0.39, 0.29) is 0 Å². The number of hydrogen-bond donors (Lipinski definition) is 1. The van der Waals surface area contributed by atoms with E-state index in [4.69, 9.17) is 9.15 Å². The van der Waals surface area contributed by atoms with E-state index in [0.29, 0.717) is 6.54 Å². The Morgan fingerprint density at radius 3 is 2.68 bits per heavy atom. The van der Waals surface area contributed by atoms with Crippen LogP contribution in [0.15, 0.2) is 40.8 Å². The summed E-state index contributed by atoms with van der Waals surface area (Å²) in [7, 11) is 0. The molecule has 1 N–H and O–H groups in total. The zero-order valence-electron chi connectivity index (χ0n) is 11.6. The highest BCUT2D eigenvalue weighted by atomic mass is 16.5. The monoisotopic (exact) mass is 259 g/mol. The van der Waals surface area contributed by atoms with Gasteiger partial charge < -0.3 is 14.5 Å². The molecule has 0 aliphatic heterocycles. The van der Waals surface area contributed by atoms with Crippen LogP contribution in [0.2, 0.25) is 0 Å². The van der Waals surface area contributed by atoms with E-state index in [2.05, 4.69) is 19.2 Å². The van der Waals surface area contributed by atoms with Crippen LogP contribution in [-0.4, -0.2) is 6.61 Å². The van der Waals surface area contributed by atoms with Crippen molar-refractivity contribution >= 4 is 5.69 Å². The molecule has 1 heterocycles. The summed E-state index contributed by atoms with van der Waals surface area (Å²) in [4.78, 5) is 0. The zero-order chi connectivity index (χ0) is 13.5. The molecule has 19 heavy (non-hydrogen) atoms. The predicted octanol–water partition coefficient (Wildman–Crippen LogP) is 4.24. The van der Waals surface area contributed by atoms with Crippen LogP contribution in [0.25, 0.3) is 0 Å². The Morgan fingerprint density at radius 2 is 1.95 bits per heavy atom. The summed E-state index contributed by atoms with van der Waals surface area (Å²) in [5.41, 5.74) is 1.04. The molecule has 0 saturated carbocycles. The third-order valence-electron chi connectivity index (χ3n) is 2.84. The van der Waals surface area contributed by atoms with Crippen molar-refractivity contribution < 1.29 is 9.15 Å². The van der Waals surface area contributed by atoms with Gasteiger partial charge in [0.25, 0.3) is 0 Å². The fourth-order valence-electron chi connectivity index (χ4n) is 1.81. The molecule has 0 aliphatic carbocycles. The van der Waals surface area contributed by atoms with Gasteiger partial charge in [0.1, 0.15) is 17.3 Å². The van der Waals surface area contributed by atoms with Gasteiger partial charge in [-0.15, -0.1) is 0 Å². The number of benzene rings is 1. The van der Waals surface area contributed by atoms with Gasteiger partial charge in [0.2, 0.25) is 0 Å². The first kappa shape index (κ1) is 13.5. The third kappa shape index (κ3) is 4.05. The minimum atomic E-state index is 0.692. The predicted molar refractivity (Wildman–Crippen MR) is 77.6 cm³/mol. The average Bonchev–Trinajstić information content (AvgIpc) is 2.91. The smallest absolute Gasteiger partial charge is 0.123 e. The Balaban J connectivity index is 1.91. The number of nitrogens with one attached hydrogen (secondary N) is 1. The molecule has 0 unspecified atom stereocenters. The second-order valence-corrected chi connectivity index (χ2v) is 4.45. The van der Waals surface area contributed by atoms with Gasteiger partial charge in [-0.3, -0.25) is 0 Å². The average molecular weight is 259 g/mol. The number of furan rings is 1. The summed E-state index contributed by atoms with van der Waals surface area (Å²) >= 11 is 0. The van der Waals surface area contributed by atoms with Crippen LogP contribution in [-0.2, 0) is 13.0 Å². The molecule has 3 heteroatoms. The highest BCUT2D eigenvalue weighted by Gasteiger charge is 2.01. The van der Waals surface area contributed by atoms with Gasteiger partial charge in [-0.05, 0) is 30.7 Å². The number of hydrogen-bond acceptors (Lipinski definition) is 3. The van der Waals surface area contributed by atoms with Crippen LogP contribution in [0.5, 0.6) is 5.75 Å². The largest absolute Gasteiger partial charge is 0.494 e. The van der Waals surface area contributed by atoms with E-state index < -0.39 is 0 Å². The highest BCUT2D eigenvalue weighted by Crippen LogP contribution is 2.18. The van der Waals surface area contributed by atoms with E-state index in [1.54, 1.807) is 0 Å². The molecule has 2 aromatic rings. The molecule has 0 saturated heterocycles. The van der Waals surface area contributed by atoms with E-state index >= 15 is 0 Å². The highest BCUT2D eigenvalue weighted by molar-refractivity contribution is 5.48. The van der Waals surface area contributed by atoms with Crippen LogP contribution >= 0.6 is 0 Å². The molecule has 0 aliphatic rings. The van der Waals surface area contributed by atoms with Crippen LogP contribution in [0.3, 0.4) is 0 Å². The maximum absolute atomic E-state index is 5.66. The minimum absolute atomic E-state index is 0.692. The second-order valence-electron chi connectivity index (χ2n) is 4.45. The van der Waals surface area contributed by atoms with Crippen molar-refractivity contribution in [3.63, 3.8) is 0 Å². The first-order valence-electron chi connectivity index (χ1n) is 6.86. The molecular formula is C16H21NO2. The first-order valence-corrected chi connectivity index (χ1v) is 6.86. The summed E-state index contributed by atoms with van der Waals surface area (Å²) < 4.78 is 11.3. The summed E-state index contributed by atoms with van der Waals surface area (Å²) in [6, 6.07) is 12.1. The molecule has 0 amide bonds. The normalized spacial score (nSPS) is 10.4. The molecule has 2 rings (SSSR count). The van der Waals surface area contributed by atoms with E-state index in [1.807, 2.05) is 36.4 Å². The van der Waals surface area contributed by atoms with E-state index in [1.165, 1.54) is 0 Å². The van der Waals surface area contributed by atoms with Crippen molar-refractivity contribution in [1.82, 2.24) is 0 Å². The summed E-state index contributed by atoms with van der Waals surface area (Å²) in [6.45, 7) is 5.63. The van der Waals surface area contributed by atoms with Crippen molar-refractivity contribution in [3.8, 4) is 5.75 Å². The van der Waals surface area contributed by atoms with Crippen LogP contribution in [0.1, 0.15) is 31.8 Å². The SMILES string of the molecule is CCCOc1cccc(NCc2ccc(CC)o2)c1. The zero-order valence-corrected chi connectivity index (χ0v) is 11.6. The molecule has 3 nitrogen and oxygen atoms in total. The molecule has 0 fully saturated rings. The number of ether oxygens (including phenoxy) is 1. The number of aryl methyl sites for hydroxylation is 1. The molecule has 0 radical (unpaired) electrons. The fourth-order valence-corrected chi connectivity index (χ4v) is 1.81. The second kappa shape index (κ2) is 6.88. The van der Waals surface area contributed by atoms with Gasteiger partial charge in [-0.25, -0.2) is 0 Å². The van der Waals surface area contributed by atoms with Crippen molar-refractivity contribution in [3.05, 3.63) is 47.9 Å². The van der Waals surface area contributed by atoms with Gasteiger partial charge in [0.15, 0.2) is 0 Å². The van der Waals surface area contributed by atoms with Crippen LogP contribution in [0, 0.1) is 0 Å². The maximum Gasteiger partial charge on any atom is 0.123 e. The Hall–Kier alpha value is -1.90. The molecule has 102 valence electrons. The Bertz CT molecular complexity index is 505. The fraction of sp³-hybridized carbons (Fsp3) is 0.375. The van der Waals surface area contributed by atoms with Crippen LogP contribution < -0.4 is 10.1 Å². The topological polar surface area (TPSA) is 34.4 Å². The molecular weight excluding hydrogens is 238 g/mol. The van der Waals surface area contributed by atoms with Crippen molar-refractivity contribution in [2.75, 3.05) is 11.9 Å². The lowest BCUT2D eigenvalue weighted by molar-refractivity contribution is 0.317. The Kier molecular flexibility index (Phi) is 4.90. The summed E-state index contributed by atoms with van der Waals surface area (Å²) in [6.07, 6.45) is 1.95. The third-order valence-corrected chi connectivity index (χ3v) is 2.84. The number of anilines is 1. The lowest BCUT2D eigenvalue weighted by Crippen LogP contribution is -1.99. The van der Waals surface area contributed by atoms with Gasteiger partial charge in [0.05, 0.1) is 13.2 Å². The van der Waals surface area contributed by atoms with Crippen molar-refractivity contribution in [2.24, 2.45) is 0 Å². The molecule has 1 aromatic heterocycles. The van der Waals surface area contributed by atoms with E-state index in [0.717, 1.165) is 42.4 Å². The van der Waals surface area contributed by atoms with Crippen LogP contribution in [0.4, 0.5) is 5.69 Å². The van der Waals surface area contributed by atoms with Gasteiger partial charge in [0, 0.05) is 18.2 Å².